The summed E-state index contributed by atoms with van der Waals surface area (Å²) in [4.78, 5) is 14.0. The van der Waals surface area contributed by atoms with Gasteiger partial charge in [0.2, 0.25) is 0 Å². The van der Waals surface area contributed by atoms with Gasteiger partial charge in [-0.2, -0.15) is 0 Å². The number of anilines is 1. The molecule has 0 fully saturated rings. The number of nitrogens with two attached hydrogens (primary N) is 1. The fourth-order valence-electron chi connectivity index (χ4n) is 1.35. The van der Waals surface area contributed by atoms with E-state index in [9.17, 15) is 10.1 Å². The van der Waals surface area contributed by atoms with Gasteiger partial charge in [0.1, 0.15) is 12.0 Å². The number of hydrogen-bond donors (Lipinski definition) is 1. The van der Waals surface area contributed by atoms with E-state index in [1.807, 2.05) is 0 Å². The van der Waals surface area contributed by atoms with Gasteiger partial charge >= 0.3 is 0 Å². The van der Waals surface area contributed by atoms with E-state index in [-0.39, 0.29) is 5.69 Å². The smallest absolute Gasteiger partial charge is 0.295 e. The summed E-state index contributed by atoms with van der Waals surface area (Å²) in [5, 5.41) is 11.8. The zero-order chi connectivity index (χ0) is 10.1. The lowest BCUT2D eigenvalue weighted by molar-refractivity contribution is -0.383. The predicted molar refractivity (Wildman–Crippen MR) is 52.8 cm³/mol. The van der Waals surface area contributed by atoms with Crippen molar-refractivity contribution in [2.75, 3.05) is 5.73 Å². The number of aromatic nitrogens is 1. The molecule has 1 heterocycles. The van der Waals surface area contributed by atoms with Crippen LogP contribution in [0.3, 0.4) is 0 Å². The van der Waals surface area contributed by atoms with Crippen molar-refractivity contribution in [3.05, 3.63) is 40.6 Å². The highest BCUT2D eigenvalue weighted by atomic mass is 16.6. The van der Waals surface area contributed by atoms with E-state index in [0.29, 0.717) is 16.6 Å². The van der Waals surface area contributed by atoms with Crippen molar-refractivity contribution in [1.82, 2.24) is 4.98 Å². The molecule has 0 aliphatic heterocycles. The molecule has 1 aromatic heterocycles. The van der Waals surface area contributed by atoms with Crippen LogP contribution in [0.4, 0.5) is 11.5 Å². The van der Waals surface area contributed by atoms with E-state index in [4.69, 9.17) is 5.73 Å². The first-order chi connectivity index (χ1) is 6.70. The van der Waals surface area contributed by atoms with Gasteiger partial charge < -0.3 is 5.73 Å². The molecule has 0 radical (unpaired) electrons. The van der Waals surface area contributed by atoms with E-state index in [0.717, 1.165) is 0 Å². The minimum absolute atomic E-state index is 0.0187. The Hall–Kier alpha value is -2.17. The molecule has 0 spiro atoms. The molecule has 0 atom stereocenters. The van der Waals surface area contributed by atoms with Crippen LogP contribution in [0.25, 0.3) is 10.8 Å². The molecular weight excluding hydrogens is 182 g/mol. The third-order valence-corrected chi connectivity index (χ3v) is 2.00. The molecule has 2 N–H and O–H groups in total. The first-order valence-corrected chi connectivity index (χ1v) is 3.98. The maximum atomic E-state index is 10.7. The van der Waals surface area contributed by atoms with Crippen molar-refractivity contribution in [3.63, 3.8) is 0 Å². The molecule has 0 bridgehead atoms. The maximum Gasteiger partial charge on any atom is 0.295 e. The standard InChI is InChI=1S/C9H7N3O2/c10-9-7-4-2-1-3-6(7)8(5-11-9)12(13)14/h1-5H,(H2,10,11). The fraction of sp³-hybridized carbons (Fsp3) is 0. The molecule has 0 unspecified atom stereocenters. The Labute approximate surface area is 79.3 Å². The summed E-state index contributed by atoms with van der Waals surface area (Å²) >= 11 is 0. The van der Waals surface area contributed by atoms with Crippen molar-refractivity contribution >= 4 is 22.3 Å². The number of benzene rings is 1. The van der Waals surface area contributed by atoms with E-state index < -0.39 is 4.92 Å². The number of hydrogen-bond acceptors (Lipinski definition) is 4. The van der Waals surface area contributed by atoms with Crippen LogP contribution in [-0.2, 0) is 0 Å². The quantitative estimate of drug-likeness (QED) is 0.547. The van der Waals surface area contributed by atoms with Gasteiger partial charge in [-0.3, -0.25) is 10.1 Å². The highest BCUT2D eigenvalue weighted by Crippen LogP contribution is 2.27. The lowest BCUT2D eigenvalue weighted by atomic mass is 10.1. The molecule has 2 rings (SSSR count). The lowest BCUT2D eigenvalue weighted by Gasteiger charge is -2.00. The average molecular weight is 189 g/mol. The zero-order valence-electron chi connectivity index (χ0n) is 7.18. The summed E-state index contributed by atoms with van der Waals surface area (Å²) in [5.74, 6) is 0.311. The molecule has 14 heavy (non-hydrogen) atoms. The molecule has 0 aliphatic carbocycles. The maximum absolute atomic E-state index is 10.7. The van der Waals surface area contributed by atoms with Gasteiger partial charge in [0.15, 0.2) is 0 Å². The number of pyridine rings is 1. The average Bonchev–Trinajstić information content (AvgIpc) is 2.18. The van der Waals surface area contributed by atoms with Gasteiger partial charge in [0, 0.05) is 5.39 Å². The first kappa shape index (κ1) is 8.43. The van der Waals surface area contributed by atoms with Crippen LogP contribution in [-0.4, -0.2) is 9.91 Å². The summed E-state index contributed by atoms with van der Waals surface area (Å²) in [7, 11) is 0. The van der Waals surface area contributed by atoms with Gasteiger partial charge in [-0.15, -0.1) is 0 Å². The second-order valence-corrected chi connectivity index (χ2v) is 2.83. The van der Waals surface area contributed by atoms with Crippen molar-refractivity contribution in [1.29, 1.82) is 0 Å². The summed E-state index contributed by atoms with van der Waals surface area (Å²) in [6.07, 6.45) is 1.18. The first-order valence-electron chi connectivity index (χ1n) is 3.98. The van der Waals surface area contributed by atoms with Crippen molar-refractivity contribution in [2.45, 2.75) is 0 Å². The molecule has 2 aromatic rings. The summed E-state index contributed by atoms with van der Waals surface area (Å²) < 4.78 is 0. The topological polar surface area (TPSA) is 82.0 Å². The number of nitro groups is 1. The Morgan fingerprint density at radius 2 is 1.93 bits per heavy atom. The van der Waals surface area contributed by atoms with Crippen molar-refractivity contribution in [2.24, 2.45) is 0 Å². The highest BCUT2D eigenvalue weighted by molar-refractivity contribution is 5.96. The zero-order valence-corrected chi connectivity index (χ0v) is 7.18. The van der Waals surface area contributed by atoms with Crippen LogP contribution in [0.15, 0.2) is 30.5 Å². The van der Waals surface area contributed by atoms with E-state index >= 15 is 0 Å². The molecule has 5 heteroatoms. The second kappa shape index (κ2) is 2.95. The normalized spacial score (nSPS) is 10.3. The molecule has 0 saturated carbocycles. The number of nitrogen functional groups attached to an aromatic ring is 1. The molecule has 0 amide bonds. The Balaban J connectivity index is 2.88. The molecule has 5 nitrogen and oxygen atoms in total. The van der Waals surface area contributed by atoms with E-state index in [1.54, 1.807) is 24.3 Å². The molecule has 1 aromatic carbocycles. The van der Waals surface area contributed by atoms with E-state index in [1.165, 1.54) is 6.20 Å². The second-order valence-electron chi connectivity index (χ2n) is 2.83. The third-order valence-electron chi connectivity index (χ3n) is 2.00. The SMILES string of the molecule is Nc1ncc([N+](=O)[O-])c2ccccc12. The van der Waals surface area contributed by atoms with Crippen LogP contribution < -0.4 is 5.73 Å². The van der Waals surface area contributed by atoms with Crippen molar-refractivity contribution < 1.29 is 4.92 Å². The fourth-order valence-corrected chi connectivity index (χ4v) is 1.35. The Morgan fingerprint density at radius 1 is 1.29 bits per heavy atom. The van der Waals surface area contributed by atoms with Crippen LogP contribution in [0, 0.1) is 10.1 Å². The number of nitrogens with zero attached hydrogens (tertiary/aromatic N) is 2. The summed E-state index contributed by atoms with van der Waals surface area (Å²) in [6.45, 7) is 0. The summed E-state index contributed by atoms with van der Waals surface area (Å²) in [6, 6.07) is 6.87. The van der Waals surface area contributed by atoms with Crippen LogP contribution in [0.5, 0.6) is 0 Å². The van der Waals surface area contributed by atoms with Crippen molar-refractivity contribution in [3.8, 4) is 0 Å². The van der Waals surface area contributed by atoms with Gasteiger partial charge in [-0.05, 0) is 6.07 Å². The molecule has 70 valence electrons. The largest absolute Gasteiger partial charge is 0.383 e. The van der Waals surface area contributed by atoms with Crippen LogP contribution >= 0.6 is 0 Å². The Morgan fingerprint density at radius 3 is 2.57 bits per heavy atom. The molecule has 0 saturated heterocycles. The number of fused-ring (bicyclic) bond motifs is 1. The summed E-state index contributed by atoms with van der Waals surface area (Å²) in [5.41, 5.74) is 5.57. The monoisotopic (exact) mass is 189 g/mol. The van der Waals surface area contributed by atoms with Gasteiger partial charge in [0.05, 0.1) is 10.3 Å². The van der Waals surface area contributed by atoms with Gasteiger partial charge in [-0.1, -0.05) is 18.2 Å². The van der Waals surface area contributed by atoms with Gasteiger partial charge in [-0.25, -0.2) is 4.98 Å². The van der Waals surface area contributed by atoms with Crippen LogP contribution in [0.1, 0.15) is 0 Å². The minimum atomic E-state index is -0.464. The van der Waals surface area contributed by atoms with Crippen LogP contribution in [0.2, 0.25) is 0 Å². The predicted octanol–water partition coefficient (Wildman–Crippen LogP) is 1.73. The Bertz CT molecular complexity index is 510. The highest BCUT2D eigenvalue weighted by Gasteiger charge is 2.13. The van der Waals surface area contributed by atoms with E-state index in [2.05, 4.69) is 4.98 Å². The third kappa shape index (κ3) is 1.15. The number of rotatable bonds is 1. The lowest BCUT2D eigenvalue weighted by Crippen LogP contribution is -1.95. The van der Waals surface area contributed by atoms with Gasteiger partial charge in [0.25, 0.3) is 5.69 Å². The minimum Gasteiger partial charge on any atom is -0.383 e. The molecular formula is C9H7N3O2. The molecule has 0 aliphatic rings. The Kier molecular flexibility index (Phi) is 1.78.